The summed E-state index contributed by atoms with van der Waals surface area (Å²) < 4.78 is 168. The molecule has 2 aromatic heterocycles. The maximum absolute atomic E-state index is 9.73. The average molecular weight is 645 g/mol. The Morgan fingerprint density at radius 3 is 2.16 bits per heavy atom. The van der Waals surface area contributed by atoms with E-state index in [1.165, 1.54) is 0 Å². The molecule has 0 bridgehead atoms. The summed E-state index contributed by atoms with van der Waals surface area (Å²) in [4.78, 5) is 0.811. The van der Waals surface area contributed by atoms with Gasteiger partial charge >= 0.3 is 0 Å². The van der Waals surface area contributed by atoms with Gasteiger partial charge in [0, 0.05) is 38.5 Å². The monoisotopic (exact) mass is 644 g/mol. The van der Waals surface area contributed by atoms with Gasteiger partial charge in [0.25, 0.3) is 0 Å². The van der Waals surface area contributed by atoms with Crippen molar-refractivity contribution in [3.8, 4) is 22.3 Å². The molecular formula is C46H29NO2. The lowest BCUT2D eigenvalue weighted by Crippen LogP contribution is -2.10. The molecule has 10 aromatic rings. The van der Waals surface area contributed by atoms with Crippen LogP contribution >= 0.6 is 0 Å². The Bertz CT molecular complexity index is 3780. The summed E-state index contributed by atoms with van der Waals surface area (Å²) in [5, 5.41) is -0.237. The van der Waals surface area contributed by atoms with Gasteiger partial charge in [-0.05, 0) is 70.4 Å². The van der Waals surface area contributed by atoms with Gasteiger partial charge in [-0.1, -0.05) is 127 Å². The second-order valence-corrected chi connectivity index (χ2v) is 11.2. The number of furan rings is 2. The lowest BCUT2D eigenvalue weighted by Gasteiger charge is -2.27. The zero-order chi connectivity index (χ0) is 47.1. The molecule has 10 rings (SSSR count). The topological polar surface area (TPSA) is 29.5 Å². The maximum atomic E-state index is 9.73. The van der Waals surface area contributed by atoms with Crippen LogP contribution in [0.25, 0.3) is 76.9 Å². The quantitative estimate of drug-likeness (QED) is 0.187. The van der Waals surface area contributed by atoms with E-state index >= 15 is 0 Å². The minimum Gasteiger partial charge on any atom is -0.455 e. The third kappa shape index (κ3) is 4.44. The molecule has 0 atom stereocenters. The summed E-state index contributed by atoms with van der Waals surface area (Å²) in [6, 6.07) is 7.91. The molecule has 0 aliphatic rings. The standard InChI is InChI=1S/C46H29NO2/c1-2-11-30(12-3-1)33-14-8-15-35(29-33)47(41-20-10-22-43-44(41)40-28-25-31-13-4-5-16-36(31)46(40)49-43)34-26-23-32(24-27-34)37-18-9-19-39-38-17-6-7-21-42(38)48-45(37)39/h1-29H/i4D,5D,8D,10D,13D,14D,15D,16D,20D,22D,23D,24D,25D,26D,27D,28D,29D. The van der Waals surface area contributed by atoms with Gasteiger partial charge in [0.15, 0.2) is 0 Å². The Hall–Kier alpha value is -6.58. The van der Waals surface area contributed by atoms with Gasteiger partial charge in [-0.15, -0.1) is 0 Å². The van der Waals surface area contributed by atoms with Crippen molar-refractivity contribution < 1.29 is 32.1 Å². The Balaban J connectivity index is 1.41. The van der Waals surface area contributed by atoms with E-state index < -0.39 is 147 Å². The smallest absolute Gasteiger partial charge is 0.143 e. The van der Waals surface area contributed by atoms with E-state index in [0.29, 0.717) is 11.0 Å². The van der Waals surface area contributed by atoms with Crippen LogP contribution in [0.5, 0.6) is 0 Å². The molecule has 3 heteroatoms. The van der Waals surface area contributed by atoms with Crippen molar-refractivity contribution in [3.63, 3.8) is 0 Å². The van der Waals surface area contributed by atoms with Crippen LogP contribution < -0.4 is 4.90 Å². The number of nitrogens with zero attached hydrogens (tertiary/aromatic N) is 1. The van der Waals surface area contributed by atoms with Gasteiger partial charge < -0.3 is 13.7 Å². The molecular weight excluding hydrogens is 599 g/mol. The molecule has 230 valence electrons. The number of hydrogen-bond donors (Lipinski definition) is 0. The average Bonchev–Trinajstić information content (AvgIpc) is 3.90. The highest BCUT2D eigenvalue weighted by Gasteiger charge is 2.21. The summed E-state index contributed by atoms with van der Waals surface area (Å²) in [7, 11) is 0. The highest BCUT2D eigenvalue weighted by molar-refractivity contribution is 6.19. The third-order valence-electron chi connectivity index (χ3n) is 8.36. The van der Waals surface area contributed by atoms with Crippen LogP contribution in [0.15, 0.2) is 184 Å². The molecule has 0 saturated carbocycles. The molecule has 0 N–H and O–H groups in total. The first-order valence-corrected chi connectivity index (χ1v) is 15.2. The Kier molecular flexibility index (Phi) is 3.49. The van der Waals surface area contributed by atoms with Gasteiger partial charge in [-0.25, -0.2) is 0 Å². The molecule has 49 heavy (non-hydrogen) atoms. The molecule has 8 aromatic carbocycles. The summed E-state index contributed by atoms with van der Waals surface area (Å²) in [6.07, 6.45) is 0. The number of anilines is 3. The first-order valence-electron chi connectivity index (χ1n) is 23.7. The third-order valence-corrected chi connectivity index (χ3v) is 8.36. The van der Waals surface area contributed by atoms with Crippen molar-refractivity contribution in [2.75, 3.05) is 4.90 Å². The highest BCUT2D eigenvalue weighted by atomic mass is 16.3. The minimum atomic E-state index is -0.870. The Morgan fingerprint density at radius 1 is 0.449 bits per heavy atom. The molecule has 0 amide bonds. The molecule has 0 spiro atoms. The highest BCUT2D eigenvalue weighted by Crippen LogP contribution is 2.45. The Morgan fingerprint density at radius 2 is 1.24 bits per heavy atom. The van der Waals surface area contributed by atoms with Crippen LogP contribution in [-0.4, -0.2) is 0 Å². The van der Waals surface area contributed by atoms with E-state index in [1.807, 2.05) is 12.1 Å². The van der Waals surface area contributed by atoms with Gasteiger partial charge in [-0.2, -0.15) is 0 Å². The summed E-state index contributed by atoms with van der Waals surface area (Å²) in [5.74, 6) is 0. The fourth-order valence-corrected chi connectivity index (χ4v) is 6.15. The van der Waals surface area contributed by atoms with Crippen LogP contribution in [0.1, 0.15) is 23.3 Å². The largest absolute Gasteiger partial charge is 0.455 e. The van der Waals surface area contributed by atoms with E-state index in [4.69, 9.17) is 21.2 Å². The van der Waals surface area contributed by atoms with Crippen LogP contribution in [0.2, 0.25) is 0 Å². The zero-order valence-electron chi connectivity index (χ0n) is 42.2. The van der Waals surface area contributed by atoms with Gasteiger partial charge in [0.1, 0.15) is 22.3 Å². The van der Waals surface area contributed by atoms with Crippen molar-refractivity contribution in [3.05, 3.63) is 176 Å². The normalized spacial score (nSPS) is 16.5. The predicted molar refractivity (Wildman–Crippen MR) is 204 cm³/mol. The lowest BCUT2D eigenvalue weighted by molar-refractivity contribution is 0.670. The van der Waals surface area contributed by atoms with Crippen LogP contribution in [-0.2, 0) is 0 Å². The van der Waals surface area contributed by atoms with Gasteiger partial charge in [-0.3, -0.25) is 0 Å². The molecule has 0 aliphatic heterocycles. The second kappa shape index (κ2) is 11.0. The van der Waals surface area contributed by atoms with Crippen LogP contribution in [0.3, 0.4) is 0 Å². The summed E-state index contributed by atoms with van der Waals surface area (Å²) in [5.41, 5.74) is -2.18. The van der Waals surface area contributed by atoms with Crippen molar-refractivity contribution >= 4 is 71.7 Å². The number of fused-ring (bicyclic) bond motifs is 8. The molecule has 0 saturated heterocycles. The Labute approximate surface area is 306 Å². The number of hydrogen-bond acceptors (Lipinski definition) is 3. The number of para-hydroxylation sites is 2. The van der Waals surface area contributed by atoms with Crippen LogP contribution in [0.4, 0.5) is 17.1 Å². The minimum absolute atomic E-state index is 0.189. The maximum Gasteiger partial charge on any atom is 0.143 e. The van der Waals surface area contributed by atoms with Crippen LogP contribution in [0, 0.1) is 0 Å². The predicted octanol–water partition coefficient (Wildman–Crippen LogP) is 13.4. The molecule has 0 fully saturated rings. The first kappa shape index (κ1) is 15.5. The van der Waals surface area contributed by atoms with E-state index in [9.17, 15) is 11.0 Å². The summed E-state index contributed by atoms with van der Waals surface area (Å²) in [6.45, 7) is 0. The zero-order valence-corrected chi connectivity index (χ0v) is 25.2. The van der Waals surface area contributed by atoms with E-state index in [0.717, 1.165) is 10.3 Å². The van der Waals surface area contributed by atoms with Gasteiger partial charge in [0.05, 0.1) is 34.4 Å². The first-order chi connectivity index (χ1) is 31.4. The van der Waals surface area contributed by atoms with E-state index in [2.05, 4.69) is 0 Å². The van der Waals surface area contributed by atoms with E-state index in [1.54, 1.807) is 60.7 Å². The van der Waals surface area contributed by atoms with Crippen molar-refractivity contribution in [1.82, 2.24) is 0 Å². The lowest BCUT2D eigenvalue weighted by atomic mass is 10.0. The molecule has 3 nitrogen and oxygen atoms in total. The SMILES string of the molecule is [2H]c1c([2H])c(-c2ccccc2)c([2H])c(N(c2c([2H])c([2H])c(-c3cccc4c3oc3ccccc34)c([2H])c2[2H])c2c([2H])c([2H])c([2H])c3oc4c5c([2H])c([2H])c([2H])c([2H])c5c([2H])c([2H])c4c23)c1[2H]. The van der Waals surface area contributed by atoms with Crippen molar-refractivity contribution in [1.29, 1.82) is 0 Å². The van der Waals surface area contributed by atoms with E-state index in [-0.39, 0.29) is 33.2 Å². The van der Waals surface area contributed by atoms with Crippen molar-refractivity contribution in [2.45, 2.75) is 0 Å². The molecule has 0 aliphatic carbocycles. The number of rotatable bonds is 5. The molecule has 0 radical (unpaired) electrons. The molecule has 0 unspecified atom stereocenters. The number of benzene rings is 8. The second-order valence-electron chi connectivity index (χ2n) is 11.2. The summed E-state index contributed by atoms with van der Waals surface area (Å²) >= 11 is 0. The fourth-order valence-electron chi connectivity index (χ4n) is 6.15. The van der Waals surface area contributed by atoms with Gasteiger partial charge in [0.2, 0.25) is 0 Å². The van der Waals surface area contributed by atoms with Crippen molar-refractivity contribution in [2.24, 2.45) is 0 Å². The molecule has 2 heterocycles. The fraction of sp³-hybridized carbons (Fsp3) is 0.